The summed E-state index contributed by atoms with van der Waals surface area (Å²) >= 11 is 1.84. The zero-order chi connectivity index (χ0) is 20.6. The quantitative estimate of drug-likeness (QED) is 0.315. The average molecular weight is 543 g/mol. The maximum absolute atomic E-state index is 4.48. The number of nitrogens with zero attached hydrogens (tertiary/aromatic N) is 4. The van der Waals surface area contributed by atoms with Crippen LogP contribution in [0.15, 0.2) is 40.8 Å². The zero-order valence-electron chi connectivity index (χ0n) is 18.5. The van der Waals surface area contributed by atoms with E-state index in [-0.39, 0.29) is 24.0 Å². The molecule has 2 N–H and O–H groups in total. The first-order chi connectivity index (χ1) is 14.1. The van der Waals surface area contributed by atoms with Gasteiger partial charge in [-0.25, -0.2) is 4.98 Å². The van der Waals surface area contributed by atoms with Crippen LogP contribution in [0.2, 0.25) is 0 Å². The Bertz CT molecular complexity index is 772. The number of rotatable bonds is 7. The van der Waals surface area contributed by atoms with Crippen molar-refractivity contribution in [2.45, 2.75) is 32.4 Å². The van der Waals surface area contributed by atoms with E-state index in [0.29, 0.717) is 12.6 Å². The van der Waals surface area contributed by atoms with Crippen LogP contribution in [0.25, 0.3) is 0 Å². The smallest absolute Gasteiger partial charge is 0.191 e. The molecule has 0 saturated carbocycles. The Morgan fingerprint density at radius 1 is 1.27 bits per heavy atom. The molecule has 1 aliphatic rings. The summed E-state index contributed by atoms with van der Waals surface area (Å²) in [6.45, 7) is 6.23. The minimum Gasteiger partial charge on any atom is -0.362 e. The molecular formula is C22H35IN6S. The van der Waals surface area contributed by atoms with Gasteiger partial charge in [-0.2, -0.15) is 0 Å². The summed E-state index contributed by atoms with van der Waals surface area (Å²) in [5.74, 6) is 2.64. The fraction of sp³-hybridized carbons (Fsp3) is 0.545. The summed E-state index contributed by atoms with van der Waals surface area (Å²) in [6, 6.07) is 8.87. The van der Waals surface area contributed by atoms with Gasteiger partial charge < -0.3 is 15.5 Å². The first-order valence-electron chi connectivity index (χ1n) is 10.4. The van der Waals surface area contributed by atoms with Crippen LogP contribution in [0, 0.1) is 5.92 Å². The Labute approximate surface area is 202 Å². The number of aliphatic imine (C=N–C) groups is 1. The summed E-state index contributed by atoms with van der Waals surface area (Å²) in [5, 5.41) is 9.18. The van der Waals surface area contributed by atoms with E-state index in [0.717, 1.165) is 29.8 Å². The van der Waals surface area contributed by atoms with Gasteiger partial charge in [-0.1, -0.05) is 19.1 Å². The molecule has 1 saturated heterocycles. The van der Waals surface area contributed by atoms with Crippen molar-refractivity contribution in [3.05, 3.63) is 46.3 Å². The number of halogens is 1. The van der Waals surface area contributed by atoms with Crippen molar-refractivity contribution < 1.29 is 0 Å². The summed E-state index contributed by atoms with van der Waals surface area (Å²) in [4.78, 5) is 15.0. The predicted octanol–water partition coefficient (Wildman–Crippen LogP) is 3.97. The van der Waals surface area contributed by atoms with Crippen LogP contribution < -0.4 is 15.5 Å². The Hall–Kier alpha value is -1.39. The highest BCUT2D eigenvalue weighted by Crippen LogP contribution is 2.29. The van der Waals surface area contributed by atoms with Crippen LogP contribution in [-0.2, 0) is 6.54 Å². The second kappa shape index (κ2) is 12.5. The Morgan fingerprint density at radius 3 is 2.67 bits per heavy atom. The van der Waals surface area contributed by atoms with E-state index < -0.39 is 0 Å². The number of nitrogens with one attached hydrogen (secondary N) is 2. The van der Waals surface area contributed by atoms with Gasteiger partial charge in [-0.05, 0) is 49.4 Å². The van der Waals surface area contributed by atoms with E-state index in [1.165, 1.54) is 30.8 Å². The third-order valence-electron chi connectivity index (χ3n) is 5.55. The normalized spacial score (nSPS) is 16.6. The van der Waals surface area contributed by atoms with Crippen LogP contribution in [0.1, 0.15) is 36.2 Å². The Balaban J connectivity index is 0.00000320. The van der Waals surface area contributed by atoms with Gasteiger partial charge in [0.2, 0.25) is 0 Å². The van der Waals surface area contributed by atoms with Crippen molar-refractivity contribution in [3.63, 3.8) is 0 Å². The van der Waals surface area contributed by atoms with Crippen LogP contribution in [0.3, 0.4) is 0 Å². The van der Waals surface area contributed by atoms with E-state index in [9.17, 15) is 0 Å². The molecule has 1 atom stereocenters. The molecule has 3 heterocycles. The first-order valence-corrected chi connectivity index (χ1v) is 11.3. The molecule has 1 fully saturated rings. The third-order valence-corrected chi connectivity index (χ3v) is 6.53. The minimum absolute atomic E-state index is 0. The van der Waals surface area contributed by atoms with Crippen molar-refractivity contribution in [2.24, 2.45) is 10.9 Å². The summed E-state index contributed by atoms with van der Waals surface area (Å²) in [5.41, 5.74) is 1.15. The van der Waals surface area contributed by atoms with Crippen molar-refractivity contribution in [1.82, 2.24) is 20.5 Å². The van der Waals surface area contributed by atoms with Gasteiger partial charge in [-0.3, -0.25) is 9.89 Å². The number of hydrogen-bond donors (Lipinski definition) is 2. The highest BCUT2D eigenvalue weighted by Gasteiger charge is 2.25. The molecule has 2 aromatic heterocycles. The maximum Gasteiger partial charge on any atom is 0.191 e. The molecule has 0 amide bonds. The van der Waals surface area contributed by atoms with Gasteiger partial charge in [0.25, 0.3) is 0 Å². The van der Waals surface area contributed by atoms with E-state index in [2.05, 4.69) is 56.0 Å². The molecule has 0 spiro atoms. The lowest BCUT2D eigenvalue weighted by Crippen LogP contribution is -2.44. The molecule has 8 heteroatoms. The fourth-order valence-corrected chi connectivity index (χ4v) is 4.66. The minimum atomic E-state index is 0. The number of pyridine rings is 1. The van der Waals surface area contributed by atoms with E-state index in [1.54, 1.807) is 0 Å². The SMILES string of the molecule is CN=C(NCc1cccnc1N(C)C)NCC(c1cccs1)N1CCC(C)CC1.I. The van der Waals surface area contributed by atoms with Crippen molar-refractivity contribution >= 4 is 47.1 Å². The monoisotopic (exact) mass is 542 g/mol. The molecular weight excluding hydrogens is 507 g/mol. The maximum atomic E-state index is 4.48. The predicted molar refractivity (Wildman–Crippen MR) is 139 cm³/mol. The van der Waals surface area contributed by atoms with Crippen LogP contribution in [0.4, 0.5) is 5.82 Å². The number of thiophene rings is 1. The molecule has 0 aromatic carbocycles. The van der Waals surface area contributed by atoms with E-state index in [4.69, 9.17) is 0 Å². The summed E-state index contributed by atoms with van der Waals surface area (Å²) in [7, 11) is 5.86. The number of piperidine rings is 1. The molecule has 1 unspecified atom stereocenters. The largest absolute Gasteiger partial charge is 0.362 e. The lowest BCUT2D eigenvalue weighted by atomic mass is 9.97. The second-order valence-corrected chi connectivity index (χ2v) is 8.92. The number of hydrogen-bond acceptors (Lipinski definition) is 5. The highest BCUT2D eigenvalue weighted by molar-refractivity contribution is 14.0. The molecule has 0 bridgehead atoms. The van der Waals surface area contributed by atoms with Crippen LogP contribution >= 0.6 is 35.3 Å². The number of likely N-dealkylation sites (tertiary alicyclic amines) is 1. The van der Waals surface area contributed by atoms with Crippen molar-refractivity contribution in [2.75, 3.05) is 45.7 Å². The Morgan fingerprint density at radius 2 is 2.03 bits per heavy atom. The molecule has 166 valence electrons. The molecule has 6 nitrogen and oxygen atoms in total. The molecule has 30 heavy (non-hydrogen) atoms. The Kier molecular flexibility index (Phi) is 10.3. The molecule has 1 aliphatic heterocycles. The average Bonchev–Trinajstić information content (AvgIpc) is 3.26. The fourth-order valence-electron chi connectivity index (χ4n) is 3.79. The van der Waals surface area contributed by atoms with Gasteiger partial charge in [0, 0.05) is 50.9 Å². The van der Waals surface area contributed by atoms with Crippen LogP contribution in [-0.4, -0.2) is 56.6 Å². The van der Waals surface area contributed by atoms with Gasteiger partial charge in [0.1, 0.15) is 5.82 Å². The summed E-state index contributed by atoms with van der Waals surface area (Å²) < 4.78 is 0. The summed E-state index contributed by atoms with van der Waals surface area (Å²) in [6.07, 6.45) is 4.39. The number of guanidine groups is 1. The van der Waals surface area contributed by atoms with Gasteiger partial charge in [0.05, 0.1) is 6.04 Å². The van der Waals surface area contributed by atoms with Gasteiger partial charge in [0.15, 0.2) is 5.96 Å². The highest BCUT2D eigenvalue weighted by atomic mass is 127. The standard InChI is InChI=1S/C22H34N6S.HI/c1-17-9-12-28(13-10-17)19(20-8-6-14-29-20)16-26-22(23-2)25-15-18-7-5-11-24-21(18)27(3)4;/h5-8,11,14,17,19H,9-10,12-13,15-16H2,1-4H3,(H2,23,25,26);1H. The lowest BCUT2D eigenvalue weighted by Gasteiger charge is -2.36. The van der Waals surface area contributed by atoms with Crippen molar-refractivity contribution in [1.29, 1.82) is 0 Å². The van der Waals surface area contributed by atoms with Crippen molar-refractivity contribution in [3.8, 4) is 0 Å². The molecule has 3 rings (SSSR count). The second-order valence-electron chi connectivity index (χ2n) is 7.94. The van der Waals surface area contributed by atoms with E-state index in [1.807, 2.05) is 49.6 Å². The first kappa shape index (κ1) is 24.9. The molecule has 0 radical (unpaired) electrons. The topological polar surface area (TPSA) is 55.8 Å². The molecule has 0 aliphatic carbocycles. The lowest BCUT2D eigenvalue weighted by molar-refractivity contribution is 0.140. The van der Waals surface area contributed by atoms with E-state index >= 15 is 0 Å². The number of anilines is 1. The third kappa shape index (κ3) is 6.81. The van der Waals surface area contributed by atoms with Gasteiger partial charge in [-0.15, -0.1) is 35.3 Å². The zero-order valence-corrected chi connectivity index (χ0v) is 21.6. The molecule has 2 aromatic rings. The van der Waals surface area contributed by atoms with Gasteiger partial charge >= 0.3 is 0 Å². The number of aromatic nitrogens is 1. The van der Waals surface area contributed by atoms with Crippen LogP contribution in [0.5, 0.6) is 0 Å².